The molecule has 1 atom stereocenters. The van der Waals surface area contributed by atoms with Crippen molar-refractivity contribution in [2.75, 3.05) is 11.1 Å². The summed E-state index contributed by atoms with van der Waals surface area (Å²) >= 11 is 1.26. The molecule has 6 nitrogen and oxygen atoms in total. The van der Waals surface area contributed by atoms with Crippen molar-refractivity contribution in [2.45, 2.75) is 58.6 Å². The van der Waals surface area contributed by atoms with Gasteiger partial charge in [0.25, 0.3) is 5.91 Å². The van der Waals surface area contributed by atoms with Crippen LogP contribution in [0.5, 0.6) is 0 Å². The highest BCUT2D eigenvalue weighted by molar-refractivity contribution is 8.00. The number of carbonyl (C=O) groups is 3. The minimum absolute atomic E-state index is 0.0495. The number of esters is 1. The third-order valence-electron chi connectivity index (χ3n) is 4.49. The molecular weight excluding hydrogens is 412 g/mol. The summed E-state index contributed by atoms with van der Waals surface area (Å²) in [4.78, 5) is 37.9. The molecule has 0 aromatic heterocycles. The van der Waals surface area contributed by atoms with E-state index in [9.17, 15) is 14.4 Å². The van der Waals surface area contributed by atoms with Crippen molar-refractivity contribution >= 4 is 35.2 Å². The number of thioether (sulfide) groups is 1. The zero-order chi connectivity index (χ0) is 23.1. The normalized spacial score (nSPS) is 11.7. The molecule has 0 fully saturated rings. The van der Waals surface area contributed by atoms with Gasteiger partial charge in [0, 0.05) is 16.6 Å². The van der Waals surface area contributed by atoms with Gasteiger partial charge in [-0.15, -0.1) is 11.8 Å². The van der Waals surface area contributed by atoms with Crippen molar-refractivity contribution in [3.8, 4) is 0 Å². The fourth-order valence-corrected chi connectivity index (χ4v) is 4.00. The molecule has 2 rings (SSSR count). The zero-order valence-corrected chi connectivity index (χ0v) is 19.7. The second kappa shape index (κ2) is 11.0. The summed E-state index contributed by atoms with van der Waals surface area (Å²) in [6.45, 7) is 11.2. The van der Waals surface area contributed by atoms with Gasteiger partial charge < -0.3 is 15.4 Å². The highest BCUT2D eigenvalue weighted by Crippen LogP contribution is 2.25. The van der Waals surface area contributed by atoms with E-state index < -0.39 is 18.0 Å². The smallest absolute Gasteiger partial charge is 0.340 e. The molecule has 2 aromatic carbocycles. The molecule has 0 spiro atoms. The fourth-order valence-electron chi connectivity index (χ4n) is 3.15. The summed E-state index contributed by atoms with van der Waals surface area (Å²) in [5, 5.41) is 5.68. The SMILES string of the molecule is Cc1cc(C)c(NC(=O)C(C)OC(=O)c2ccccc2SCC(=O)NC(C)C)c(C)c1. The van der Waals surface area contributed by atoms with Crippen LogP contribution in [0.4, 0.5) is 5.69 Å². The number of anilines is 1. The number of amides is 2. The van der Waals surface area contributed by atoms with E-state index in [-0.39, 0.29) is 17.7 Å². The minimum atomic E-state index is -0.977. The van der Waals surface area contributed by atoms with Crippen LogP contribution in [0.25, 0.3) is 0 Å². The maximum absolute atomic E-state index is 12.7. The van der Waals surface area contributed by atoms with Crippen LogP contribution in [-0.2, 0) is 14.3 Å². The molecular formula is C24H30N2O4S. The molecule has 0 aliphatic rings. The fraction of sp³-hybridized carbons (Fsp3) is 0.375. The summed E-state index contributed by atoms with van der Waals surface area (Å²) in [5.41, 5.74) is 4.07. The number of hydrogen-bond donors (Lipinski definition) is 2. The second-order valence-corrected chi connectivity index (χ2v) is 8.83. The first-order valence-corrected chi connectivity index (χ1v) is 11.2. The molecule has 31 heavy (non-hydrogen) atoms. The van der Waals surface area contributed by atoms with E-state index in [0.29, 0.717) is 10.5 Å². The van der Waals surface area contributed by atoms with Gasteiger partial charge in [0.1, 0.15) is 0 Å². The molecule has 166 valence electrons. The maximum atomic E-state index is 12.7. The van der Waals surface area contributed by atoms with Crippen molar-refractivity contribution in [1.29, 1.82) is 0 Å². The van der Waals surface area contributed by atoms with Gasteiger partial charge in [-0.1, -0.05) is 29.8 Å². The number of aryl methyl sites for hydroxylation is 3. The Morgan fingerprint density at radius 3 is 2.23 bits per heavy atom. The summed E-state index contributed by atoms with van der Waals surface area (Å²) in [5.74, 6) is -0.929. The molecule has 0 bridgehead atoms. The number of nitrogens with one attached hydrogen (secondary N) is 2. The number of carbonyl (C=O) groups excluding carboxylic acids is 3. The van der Waals surface area contributed by atoms with E-state index in [1.54, 1.807) is 24.3 Å². The monoisotopic (exact) mass is 442 g/mol. The van der Waals surface area contributed by atoms with E-state index in [4.69, 9.17) is 4.74 Å². The van der Waals surface area contributed by atoms with Gasteiger partial charge in [-0.25, -0.2) is 4.79 Å². The Balaban J connectivity index is 2.04. The zero-order valence-electron chi connectivity index (χ0n) is 18.9. The summed E-state index contributed by atoms with van der Waals surface area (Å²) in [7, 11) is 0. The molecule has 0 heterocycles. The van der Waals surface area contributed by atoms with Gasteiger partial charge in [-0.2, -0.15) is 0 Å². The highest BCUT2D eigenvalue weighted by atomic mass is 32.2. The van der Waals surface area contributed by atoms with E-state index in [2.05, 4.69) is 10.6 Å². The first-order chi connectivity index (χ1) is 14.6. The lowest BCUT2D eigenvalue weighted by Crippen LogP contribution is -2.31. The lowest BCUT2D eigenvalue weighted by atomic mass is 10.0. The molecule has 2 amide bonds. The number of benzene rings is 2. The van der Waals surface area contributed by atoms with Crippen LogP contribution in [0, 0.1) is 20.8 Å². The van der Waals surface area contributed by atoms with Crippen molar-refractivity contribution in [3.63, 3.8) is 0 Å². The van der Waals surface area contributed by atoms with Crippen LogP contribution >= 0.6 is 11.8 Å². The Bertz CT molecular complexity index is 949. The topological polar surface area (TPSA) is 84.5 Å². The lowest BCUT2D eigenvalue weighted by Gasteiger charge is -2.17. The summed E-state index contributed by atoms with van der Waals surface area (Å²) in [6, 6.07) is 10.9. The van der Waals surface area contributed by atoms with Gasteiger partial charge in [-0.3, -0.25) is 9.59 Å². The number of rotatable bonds is 8. The third kappa shape index (κ3) is 7.14. The predicted octanol–water partition coefficient (Wildman–Crippen LogP) is 4.41. The van der Waals surface area contributed by atoms with E-state index in [1.807, 2.05) is 46.8 Å². The van der Waals surface area contributed by atoms with Gasteiger partial charge >= 0.3 is 5.97 Å². The highest BCUT2D eigenvalue weighted by Gasteiger charge is 2.22. The lowest BCUT2D eigenvalue weighted by molar-refractivity contribution is -0.123. The quantitative estimate of drug-likeness (QED) is 0.467. The van der Waals surface area contributed by atoms with Gasteiger partial charge in [0.2, 0.25) is 5.91 Å². The number of hydrogen-bond acceptors (Lipinski definition) is 5. The molecule has 0 saturated heterocycles. The molecule has 2 aromatic rings. The standard InChI is InChI=1S/C24H30N2O4S/c1-14(2)25-21(27)13-31-20-10-8-7-9-19(20)24(29)30-18(6)23(28)26-22-16(4)11-15(3)12-17(22)5/h7-12,14,18H,13H2,1-6H3,(H,25,27)(H,26,28). The molecule has 2 N–H and O–H groups in total. The third-order valence-corrected chi connectivity index (χ3v) is 5.57. The average Bonchev–Trinajstić information content (AvgIpc) is 2.68. The Labute approximate surface area is 188 Å². The average molecular weight is 443 g/mol. The van der Waals surface area contributed by atoms with Crippen LogP contribution in [-0.4, -0.2) is 35.7 Å². The van der Waals surface area contributed by atoms with Crippen LogP contribution in [0.1, 0.15) is 47.8 Å². The number of ether oxygens (including phenoxy) is 1. The van der Waals surface area contributed by atoms with Gasteiger partial charge in [0.05, 0.1) is 11.3 Å². The Kier molecular flexibility index (Phi) is 8.68. The summed E-state index contributed by atoms with van der Waals surface area (Å²) in [6.07, 6.45) is -0.977. The van der Waals surface area contributed by atoms with Crippen LogP contribution in [0.2, 0.25) is 0 Å². The van der Waals surface area contributed by atoms with Gasteiger partial charge in [0.15, 0.2) is 6.10 Å². The first-order valence-electron chi connectivity index (χ1n) is 10.2. The van der Waals surface area contributed by atoms with Crippen molar-refractivity contribution in [3.05, 3.63) is 58.7 Å². The summed E-state index contributed by atoms with van der Waals surface area (Å²) < 4.78 is 5.42. The molecule has 0 saturated carbocycles. The van der Waals surface area contributed by atoms with E-state index in [0.717, 1.165) is 22.4 Å². The van der Waals surface area contributed by atoms with Crippen LogP contribution < -0.4 is 10.6 Å². The van der Waals surface area contributed by atoms with Crippen LogP contribution in [0.15, 0.2) is 41.3 Å². The molecule has 1 unspecified atom stereocenters. The van der Waals surface area contributed by atoms with Crippen molar-refractivity contribution < 1.29 is 19.1 Å². The van der Waals surface area contributed by atoms with Crippen molar-refractivity contribution in [1.82, 2.24) is 5.32 Å². The largest absolute Gasteiger partial charge is 0.449 e. The molecule has 0 aliphatic heterocycles. The maximum Gasteiger partial charge on any atom is 0.340 e. The molecule has 0 aliphatic carbocycles. The Morgan fingerprint density at radius 1 is 1.00 bits per heavy atom. The van der Waals surface area contributed by atoms with E-state index >= 15 is 0 Å². The van der Waals surface area contributed by atoms with Gasteiger partial charge in [-0.05, 0) is 64.8 Å². The molecule has 7 heteroatoms. The second-order valence-electron chi connectivity index (χ2n) is 7.82. The van der Waals surface area contributed by atoms with Crippen molar-refractivity contribution in [2.24, 2.45) is 0 Å². The minimum Gasteiger partial charge on any atom is -0.449 e. The van der Waals surface area contributed by atoms with Crippen LogP contribution in [0.3, 0.4) is 0 Å². The Morgan fingerprint density at radius 2 is 1.61 bits per heavy atom. The predicted molar refractivity (Wildman–Crippen MR) is 125 cm³/mol. The Hall–Kier alpha value is -2.80. The molecule has 0 radical (unpaired) electrons. The van der Waals surface area contributed by atoms with E-state index in [1.165, 1.54) is 18.7 Å². The first kappa shape index (κ1) is 24.5.